The number of hydrogen-bond donors (Lipinski definition) is 3. The molecule has 0 spiro atoms. The number of nitrogens with zero attached hydrogens (tertiary/aromatic N) is 2. The van der Waals surface area contributed by atoms with E-state index >= 15 is 0 Å². The van der Waals surface area contributed by atoms with Gasteiger partial charge in [0.2, 0.25) is 5.69 Å². The summed E-state index contributed by atoms with van der Waals surface area (Å²) in [5, 5.41) is 5.55. The molecular weight excluding hydrogens is 1290 g/mol. The van der Waals surface area contributed by atoms with Crippen LogP contribution in [0, 0.1) is 0 Å². The van der Waals surface area contributed by atoms with Crippen LogP contribution in [0.2, 0.25) is 0 Å². The van der Waals surface area contributed by atoms with Gasteiger partial charge in [0.25, 0.3) is 26.1 Å². The second kappa shape index (κ2) is 34.0. The maximum atomic E-state index is 13.6. The Morgan fingerprint density at radius 3 is 1.89 bits per heavy atom. The van der Waals surface area contributed by atoms with Gasteiger partial charge in [0.1, 0.15) is 22.4 Å². The molecule has 2 unspecified atom stereocenters. The molecule has 7 rings (SSSR count). The minimum Gasteiger partial charge on any atom is -0.748 e. The molecular formula is C64H73N3Na2O17PS4+. The summed E-state index contributed by atoms with van der Waals surface area (Å²) in [5.74, 6) is -2.12. The topological polar surface area (TPSA) is 311 Å². The van der Waals surface area contributed by atoms with Crippen LogP contribution in [0.1, 0.15) is 110 Å². The summed E-state index contributed by atoms with van der Waals surface area (Å²) < 4.78 is 153. The van der Waals surface area contributed by atoms with Gasteiger partial charge in [-0.2, -0.15) is 21.4 Å². The first kappa shape index (κ1) is 76.9. The Hall–Kier alpha value is -4.83. The van der Waals surface area contributed by atoms with Gasteiger partial charge in [0, 0.05) is 90.6 Å². The number of esters is 1. The second-order valence-electron chi connectivity index (χ2n) is 22.0. The number of amides is 1. The zero-order valence-corrected chi connectivity index (χ0v) is 60.0. The van der Waals surface area contributed by atoms with E-state index in [0.29, 0.717) is 89.1 Å². The number of ether oxygens (including phenoxy) is 2. The molecule has 2 aliphatic heterocycles. The summed E-state index contributed by atoms with van der Waals surface area (Å²) in [7, 11) is -17.0. The number of anilines is 1. The van der Waals surface area contributed by atoms with E-state index in [4.69, 9.17) is 9.47 Å². The number of allylic oxidation sites excluding steroid dienone is 8. The normalized spacial score (nSPS) is 17.2. The third-order valence-corrected chi connectivity index (χ3v) is 21.6. The summed E-state index contributed by atoms with van der Waals surface area (Å²) >= 11 is 0. The fraction of sp³-hybridized carbons (Fsp3) is 0.344. The first-order valence-electron chi connectivity index (χ1n) is 28.8. The summed E-state index contributed by atoms with van der Waals surface area (Å²) in [4.78, 5) is 41.0. The van der Waals surface area contributed by atoms with E-state index in [1.54, 1.807) is 73.7 Å². The van der Waals surface area contributed by atoms with Gasteiger partial charge in [-0.05, 0) is 137 Å². The van der Waals surface area contributed by atoms with E-state index in [-0.39, 0.29) is 127 Å². The molecule has 0 fully saturated rings. The SMILES string of the molecule is COCCN1C(=CC=CC=CC=CC2=[N+](CCCCCC(=O)CCCNC(=O)c3ccc(C(=O)OC)c(P(c4ccccc4)c4ccccc4)c3)c3ccc(S(=O)(=O)[O-])cc3C2(C)CCCS(=O)(=O)[O-])C(C)(CCCS(=O)(=O)O)c2cc(S(=O)(=O)O)ccc21.[Na+].[Na+]. The maximum Gasteiger partial charge on any atom is 1.00 e. The Labute approximate surface area is 579 Å². The van der Waals surface area contributed by atoms with Crippen LogP contribution in [0.25, 0.3) is 0 Å². The van der Waals surface area contributed by atoms with Crippen LogP contribution in [0.15, 0.2) is 173 Å². The van der Waals surface area contributed by atoms with E-state index in [2.05, 4.69) is 5.32 Å². The Morgan fingerprint density at radius 1 is 0.670 bits per heavy atom. The third kappa shape index (κ3) is 20.6. The van der Waals surface area contributed by atoms with Crippen molar-refractivity contribution < 1.29 is 139 Å². The zero-order chi connectivity index (χ0) is 64.8. The third-order valence-electron chi connectivity index (χ3n) is 15.8. The molecule has 0 aliphatic carbocycles. The molecule has 20 nitrogen and oxygen atoms in total. The van der Waals surface area contributed by atoms with Crippen LogP contribution in [0.5, 0.6) is 0 Å². The van der Waals surface area contributed by atoms with Crippen molar-refractivity contribution in [2.75, 3.05) is 56.9 Å². The van der Waals surface area contributed by atoms with Crippen LogP contribution >= 0.6 is 7.92 Å². The van der Waals surface area contributed by atoms with Crippen molar-refractivity contribution in [3.63, 3.8) is 0 Å². The number of carbonyl (C=O) groups excluding carboxylic acids is 3. The molecule has 91 heavy (non-hydrogen) atoms. The standard InChI is InChI=1S/C64H74N3O17PS4.2Na/c1-63(36-20-42-86(71,72)73)54-45-51(88(77,78)79)31-34-56(54)66(59(63)28-16-6-5-7-17-29-60-64(2,37-21-43-87(74,75)76)55-46-52(89(80,81)82)32-35-57(55)67(60)40-41-83-3)39-18-10-11-22-48(68)23-19-38-65-61(69)47-30-33-53(62(70)84-4)58(44-47)85(49-24-12-8-13-25-49)50-26-14-9-15-27-50;;/h5-9,12-17,24-35,44-46H,10-11,18-23,36-43H2,1-4H3,(H4-,65,69,71,72,73,74,75,76,77,78,79,80,81,82);;/q;2*+1/p-1. The summed E-state index contributed by atoms with van der Waals surface area (Å²) in [6, 6.07) is 32.6. The molecule has 0 saturated heterocycles. The zero-order valence-electron chi connectivity index (χ0n) is 51.8. The number of nitrogens with one attached hydrogen (secondary N) is 1. The largest absolute Gasteiger partial charge is 1.00 e. The van der Waals surface area contributed by atoms with E-state index in [1.807, 2.05) is 77.1 Å². The minimum absolute atomic E-state index is 0. The number of Topliss-reactive ketones (excluding diaryl/α,β-unsaturated/α-hetero) is 1. The van der Waals surface area contributed by atoms with Gasteiger partial charge in [0.05, 0.1) is 50.4 Å². The van der Waals surface area contributed by atoms with E-state index in [1.165, 1.54) is 44.6 Å². The minimum atomic E-state index is -4.93. The molecule has 27 heteroatoms. The van der Waals surface area contributed by atoms with E-state index in [0.717, 1.165) is 10.6 Å². The Kier molecular flexibility index (Phi) is 28.7. The molecule has 5 aromatic rings. The molecule has 2 aliphatic rings. The van der Waals surface area contributed by atoms with Crippen molar-refractivity contribution in [1.29, 1.82) is 0 Å². The van der Waals surface area contributed by atoms with Crippen molar-refractivity contribution in [2.24, 2.45) is 0 Å². The van der Waals surface area contributed by atoms with Crippen molar-refractivity contribution in [3.05, 3.63) is 186 Å². The average molecular weight is 1360 g/mol. The summed E-state index contributed by atoms with van der Waals surface area (Å²) in [6.07, 6.45) is 14.8. The van der Waals surface area contributed by atoms with Crippen LogP contribution in [0.3, 0.4) is 0 Å². The summed E-state index contributed by atoms with van der Waals surface area (Å²) in [5.41, 5.74) is 1.99. The van der Waals surface area contributed by atoms with Crippen LogP contribution in [0.4, 0.5) is 11.4 Å². The van der Waals surface area contributed by atoms with Gasteiger partial charge >= 0.3 is 65.1 Å². The van der Waals surface area contributed by atoms with Gasteiger partial charge in [-0.25, -0.2) is 21.6 Å². The first-order valence-corrected chi connectivity index (χ1v) is 36.1. The molecule has 2 heterocycles. The second-order valence-corrected chi connectivity index (χ2v) is 30.1. The molecule has 0 aromatic heterocycles. The van der Waals surface area contributed by atoms with Crippen LogP contribution < -0.4 is 85.2 Å². The number of ketones is 1. The van der Waals surface area contributed by atoms with Crippen molar-refractivity contribution in [2.45, 2.75) is 98.7 Å². The number of unbranched alkanes of at least 4 members (excludes halogenated alkanes) is 2. The van der Waals surface area contributed by atoms with Gasteiger partial charge in [0.15, 0.2) is 5.71 Å². The van der Waals surface area contributed by atoms with Gasteiger partial charge in [-0.1, -0.05) is 91.0 Å². The van der Waals surface area contributed by atoms with Crippen molar-refractivity contribution in [3.8, 4) is 0 Å². The fourth-order valence-corrected chi connectivity index (χ4v) is 16.0. The molecule has 3 N–H and O–H groups in total. The van der Waals surface area contributed by atoms with Crippen molar-refractivity contribution in [1.82, 2.24) is 5.32 Å². The molecule has 2 atom stereocenters. The van der Waals surface area contributed by atoms with Crippen LogP contribution in [-0.2, 0) is 65.6 Å². The molecule has 0 saturated carbocycles. The number of benzene rings is 5. The van der Waals surface area contributed by atoms with Gasteiger partial charge in [-0.15, -0.1) is 0 Å². The van der Waals surface area contributed by atoms with E-state index in [9.17, 15) is 66.3 Å². The maximum absolute atomic E-state index is 13.6. The predicted molar refractivity (Wildman–Crippen MR) is 341 cm³/mol. The quantitative estimate of drug-likeness (QED) is 0.0106. The fourth-order valence-electron chi connectivity index (χ4n) is 11.5. The monoisotopic (exact) mass is 1360 g/mol. The van der Waals surface area contributed by atoms with Crippen molar-refractivity contribution >= 4 is 99.1 Å². The van der Waals surface area contributed by atoms with Gasteiger partial charge < -0.3 is 28.8 Å². The molecule has 0 bridgehead atoms. The first-order chi connectivity index (χ1) is 42.1. The Bertz CT molecular complexity index is 4020. The Morgan fingerprint density at radius 2 is 1.27 bits per heavy atom. The molecule has 476 valence electrons. The number of carbonyl (C=O) groups is 3. The number of hydrogen-bond acceptors (Lipinski definition) is 16. The van der Waals surface area contributed by atoms with Gasteiger partial charge in [-0.3, -0.25) is 18.7 Å². The number of rotatable bonds is 32. The molecule has 0 radical (unpaired) electrons. The predicted octanol–water partition coefficient (Wildman–Crippen LogP) is 2.06. The number of methoxy groups -OCH3 is 2. The van der Waals surface area contributed by atoms with Crippen LogP contribution in [-0.4, -0.2) is 132 Å². The molecule has 1 amide bonds. The Balaban J connectivity index is 0.00000752. The smallest absolute Gasteiger partial charge is 0.748 e. The molecule has 5 aromatic carbocycles. The number of fused-ring (bicyclic) bond motifs is 2. The summed E-state index contributed by atoms with van der Waals surface area (Å²) in [6.45, 7) is 4.75. The van der Waals surface area contributed by atoms with E-state index < -0.39 is 81.6 Å². The average Bonchev–Trinajstić information content (AvgIpc) is 1.61.